The van der Waals surface area contributed by atoms with Crippen molar-refractivity contribution in [2.45, 2.75) is 75.9 Å². The summed E-state index contributed by atoms with van der Waals surface area (Å²) in [4.78, 5) is 0. The van der Waals surface area contributed by atoms with E-state index in [-0.39, 0.29) is 5.54 Å². The molecule has 2 aliphatic carbocycles. The molecule has 1 saturated heterocycles. The highest BCUT2D eigenvalue weighted by Gasteiger charge is 2.44. The van der Waals surface area contributed by atoms with Gasteiger partial charge in [0.05, 0.1) is 12.2 Å². The van der Waals surface area contributed by atoms with Crippen molar-refractivity contribution in [1.29, 1.82) is 5.26 Å². The summed E-state index contributed by atoms with van der Waals surface area (Å²) >= 11 is 0. The zero-order valence-corrected chi connectivity index (χ0v) is 11.9. The van der Waals surface area contributed by atoms with Gasteiger partial charge in [0.2, 0.25) is 0 Å². The first-order valence-corrected chi connectivity index (χ1v) is 8.04. The number of rotatable bonds is 3. The first kappa shape index (κ1) is 13.4. The molecule has 106 valence electrons. The maximum absolute atomic E-state index is 9.59. The summed E-state index contributed by atoms with van der Waals surface area (Å²) in [5.74, 6) is 0. The van der Waals surface area contributed by atoms with Gasteiger partial charge in [-0.05, 0) is 56.8 Å². The molecule has 19 heavy (non-hydrogen) atoms. The smallest absolute Gasteiger partial charge is 0.106 e. The predicted octanol–water partition coefficient (Wildman–Crippen LogP) is 3.15. The summed E-state index contributed by atoms with van der Waals surface area (Å²) in [6.45, 7) is 1.76. The molecule has 3 aliphatic rings. The summed E-state index contributed by atoms with van der Waals surface area (Å²) < 4.78 is 5.65. The molecule has 3 heteroatoms. The average Bonchev–Trinajstić information content (AvgIpc) is 3.11. The summed E-state index contributed by atoms with van der Waals surface area (Å²) in [6.07, 6.45) is 12.9. The maximum Gasteiger partial charge on any atom is 0.106 e. The molecule has 3 rings (SSSR count). The Balaban J connectivity index is 1.54. The Bertz CT molecular complexity index is 333. The van der Waals surface area contributed by atoms with Crippen LogP contribution in [0.4, 0.5) is 0 Å². The number of nitriles is 1. The van der Waals surface area contributed by atoms with E-state index in [0.717, 1.165) is 32.4 Å². The van der Waals surface area contributed by atoms with Gasteiger partial charge >= 0.3 is 0 Å². The second-order valence-electron chi connectivity index (χ2n) is 6.92. The number of hydrogen-bond acceptors (Lipinski definition) is 3. The van der Waals surface area contributed by atoms with Crippen LogP contribution in [-0.4, -0.2) is 24.8 Å². The summed E-state index contributed by atoms with van der Waals surface area (Å²) in [5, 5.41) is 13.1. The van der Waals surface area contributed by atoms with Crippen molar-refractivity contribution in [3.05, 3.63) is 0 Å². The molecular formula is C16H26N2O. The summed E-state index contributed by atoms with van der Waals surface area (Å²) in [7, 11) is 0. The molecule has 1 atom stereocenters. The van der Waals surface area contributed by atoms with Gasteiger partial charge in [-0.15, -0.1) is 0 Å². The van der Waals surface area contributed by atoms with Gasteiger partial charge in [-0.3, -0.25) is 5.32 Å². The van der Waals surface area contributed by atoms with Crippen LogP contribution >= 0.6 is 0 Å². The van der Waals surface area contributed by atoms with Crippen LogP contribution in [0.25, 0.3) is 0 Å². The number of ether oxygens (including phenoxy) is 1. The summed E-state index contributed by atoms with van der Waals surface area (Å²) in [5.41, 5.74) is 0.339. The van der Waals surface area contributed by atoms with Crippen LogP contribution in [0, 0.1) is 16.7 Å². The van der Waals surface area contributed by atoms with E-state index >= 15 is 0 Å². The fraction of sp³-hybridized carbons (Fsp3) is 0.938. The van der Waals surface area contributed by atoms with Gasteiger partial charge in [0, 0.05) is 13.2 Å². The van der Waals surface area contributed by atoms with Crippen molar-refractivity contribution in [1.82, 2.24) is 5.32 Å². The van der Waals surface area contributed by atoms with E-state index < -0.39 is 0 Å². The second kappa shape index (κ2) is 5.42. The molecule has 0 amide bonds. The van der Waals surface area contributed by atoms with Crippen LogP contribution in [-0.2, 0) is 4.74 Å². The van der Waals surface area contributed by atoms with Gasteiger partial charge in [-0.1, -0.05) is 12.8 Å². The third-order valence-electron chi connectivity index (χ3n) is 5.73. The summed E-state index contributed by atoms with van der Waals surface area (Å²) in [6, 6.07) is 2.58. The fourth-order valence-corrected chi connectivity index (χ4v) is 4.27. The van der Waals surface area contributed by atoms with E-state index in [4.69, 9.17) is 4.74 Å². The topological polar surface area (TPSA) is 45.0 Å². The quantitative estimate of drug-likeness (QED) is 0.849. The van der Waals surface area contributed by atoms with E-state index in [2.05, 4.69) is 11.4 Å². The minimum atomic E-state index is -0.264. The highest BCUT2D eigenvalue weighted by molar-refractivity contribution is 5.12. The molecule has 0 bridgehead atoms. The fourth-order valence-electron chi connectivity index (χ4n) is 4.27. The molecule has 0 aromatic heterocycles. The Labute approximate surface area is 116 Å². The van der Waals surface area contributed by atoms with Crippen LogP contribution in [0.3, 0.4) is 0 Å². The molecule has 2 saturated carbocycles. The van der Waals surface area contributed by atoms with Crippen molar-refractivity contribution >= 4 is 0 Å². The standard InChI is InChI=1S/C16H26N2O/c17-13-16(18-12-14-4-3-11-19-14)9-7-15(8-10-16)5-1-2-6-15/h14,18H,1-12H2. The minimum absolute atomic E-state index is 0.264. The maximum atomic E-state index is 9.59. The molecule has 1 unspecified atom stereocenters. The second-order valence-corrected chi connectivity index (χ2v) is 6.92. The zero-order chi connectivity index (χ0) is 13.2. The van der Waals surface area contributed by atoms with Gasteiger partial charge in [0.25, 0.3) is 0 Å². The lowest BCUT2D eigenvalue weighted by atomic mass is 9.67. The first-order chi connectivity index (χ1) is 9.26. The van der Waals surface area contributed by atoms with Crippen molar-refractivity contribution in [3.63, 3.8) is 0 Å². The van der Waals surface area contributed by atoms with Crippen LogP contribution < -0.4 is 5.32 Å². The molecular weight excluding hydrogens is 236 g/mol. The first-order valence-electron chi connectivity index (χ1n) is 8.04. The third-order valence-corrected chi connectivity index (χ3v) is 5.73. The molecule has 0 aromatic rings. The normalized spacial score (nSPS) is 32.5. The minimum Gasteiger partial charge on any atom is -0.377 e. The highest BCUT2D eigenvalue weighted by atomic mass is 16.5. The van der Waals surface area contributed by atoms with Crippen molar-refractivity contribution in [2.75, 3.05) is 13.2 Å². The molecule has 1 N–H and O–H groups in total. The van der Waals surface area contributed by atoms with E-state index in [1.807, 2.05) is 0 Å². The average molecular weight is 262 g/mol. The zero-order valence-electron chi connectivity index (χ0n) is 11.9. The predicted molar refractivity (Wildman–Crippen MR) is 74.7 cm³/mol. The van der Waals surface area contributed by atoms with Gasteiger partial charge in [-0.2, -0.15) is 5.26 Å². The van der Waals surface area contributed by atoms with Crippen LogP contribution in [0.5, 0.6) is 0 Å². The van der Waals surface area contributed by atoms with Crippen molar-refractivity contribution in [3.8, 4) is 6.07 Å². The van der Waals surface area contributed by atoms with E-state index in [9.17, 15) is 5.26 Å². The molecule has 3 fully saturated rings. The Kier molecular flexibility index (Phi) is 3.82. The highest BCUT2D eigenvalue weighted by Crippen LogP contribution is 2.51. The van der Waals surface area contributed by atoms with E-state index in [0.29, 0.717) is 11.5 Å². The SMILES string of the molecule is N#CC1(NCC2CCCO2)CCC2(CCCC2)CC1. The molecule has 1 heterocycles. The lowest BCUT2D eigenvalue weighted by Crippen LogP contribution is -2.50. The molecule has 1 aliphatic heterocycles. The lowest BCUT2D eigenvalue weighted by Gasteiger charge is -2.42. The van der Waals surface area contributed by atoms with Crippen molar-refractivity contribution in [2.24, 2.45) is 5.41 Å². The Hall–Kier alpha value is -0.590. The van der Waals surface area contributed by atoms with Crippen LogP contribution in [0.1, 0.15) is 64.2 Å². The Morgan fingerprint density at radius 1 is 1.05 bits per heavy atom. The largest absolute Gasteiger partial charge is 0.377 e. The van der Waals surface area contributed by atoms with Crippen molar-refractivity contribution < 1.29 is 4.74 Å². The number of nitrogens with one attached hydrogen (secondary N) is 1. The van der Waals surface area contributed by atoms with Crippen LogP contribution in [0.2, 0.25) is 0 Å². The van der Waals surface area contributed by atoms with Gasteiger partial charge < -0.3 is 4.74 Å². The third kappa shape index (κ3) is 2.80. The number of nitrogens with zero attached hydrogens (tertiary/aromatic N) is 1. The lowest BCUT2D eigenvalue weighted by molar-refractivity contribution is 0.0893. The van der Waals surface area contributed by atoms with Gasteiger partial charge in [0.1, 0.15) is 5.54 Å². The Morgan fingerprint density at radius 3 is 2.37 bits per heavy atom. The number of hydrogen-bond donors (Lipinski definition) is 1. The molecule has 3 nitrogen and oxygen atoms in total. The molecule has 0 aromatic carbocycles. The molecule has 0 radical (unpaired) electrons. The molecule has 1 spiro atoms. The monoisotopic (exact) mass is 262 g/mol. The Morgan fingerprint density at radius 2 is 1.79 bits per heavy atom. The van der Waals surface area contributed by atoms with Gasteiger partial charge in [0.15, 0.2) is 0 Å². The van der Waals surface area contributed by atoms with Crippen LogP contribution in [0.15, 0.2) is 0 Å². The van der Waals surface area contributed by atoms with E-state index in [1.165, 1.54) is 44.9 Å². The van der Waals surface area contributed by atoms with Gasteiger partial charge in [-0.25, -0.2) is 0 Å². The van der Waals surface area contributed by atoms with E-state index in [1.54, 1.807) is 0 Å².